The average molecular weight is 299 g/mol. The van der Waals surface area contributed by atoms with Gasteiger partial charge in [-0.3, -0.25) is 14.9 Å². The first-order valence-corrected chi connectivity index (χ1v) is 7.05. The van der Waals surface area contributed by atoms with E-state index < -0.39 is 6.04 Å². The van der Waals surface area contributed by atoms with Gasteiger partial charge in [-0.25, -0.2) is 4.68 Å². The van der Waals surface area contributed by atoms with Crippen LogP contribution in [0, 0.1) is 20.8 Å². The summed E-state index contributed by atoms with van der Waals surface area (Å²) in [6.07, 6.45) is 0.0228. The van der Waals surface area contributed by atoms with Crippen LogP contribution >= 0.6 is 0 Å². The third-order valence-electron chi connectivity index (χ3n) is 3.60. The fourth-order valence-electron chi connectivity index (χ4n) is 2.55. The molecule has 0 aliphatic carbocycles. The fourth-order valence-corrected chi connectivity index (χ4v) is 2.55. The number of nitrogens with one attached hydrogen (secondary N) is 2. The summed E-state index contributed by atoms with van der Waals surface area (Å²) in [4.78, 5) is 28.2. The summed E-state index contributed by atoms with van der Waals surface area (Å²) in [6, 6.07) is 5.14. The number of hydrogen-bond donors (Lipinski definition) is 2. The lowest BCUT2D eigenvalue weighted by Gasteiger charge is -2.11. The minimum atomic E-state index is -0.651. The van der Waals surface area contributed by atoms with Gasteiger partial charge in [-0.1, -0.05) is 17.7 Å². The van der Waals surface area contributed by atoms with Crippen molar-refractivity contribution in [1.82, 2.24) is 14.8 Å². The molecule has 2 heterocycles. The second-order valence-corrected chi connectivity index (χ2v) is 5.50. The van der Waals surface area contributed by atoms with E-state index in [2.05, 4.69) is 20.7 Å². The van der Waals surface area contributed by atoms with E-state index in [-0.39, 0.29) is 18.2 Å². The highest BCUT2D eigenvalue weighted by Gasteiger charge is 2.34. The summed E-state index contributed by atoms with van der Waals surface area (Å²) in [5.41, 5.74) is 2.87. The van der Waals surface area contributed by atoms with Crippen LogP contribution in [0.4, 0.5) is 11.6 Å². The van der Waals surface area contributed by atoms with Crippen LogP contribution in [0.1, 0.15) is 29.4 Å². The number of carbonyl (C=O) groups is 2. The number of carbonyl (C=O) groups excluding carboxylic acids is 2. The summed E-state index contributed by atoms with van der Waals surface area (Å²) < 4.78 is 1.47. The molecule has 7 heteroatoms. The molecular weight excluding hydrogens is 282 g/mol. The van der Waals surface area contributed by atoms with E-state index in [1.54, 1.807) is 6.92 Å². The smallest absolute Gasteiger partial charge is 0.252 e. The van der Waals surface area contributed by atoms with E-state index in [0.717, 1.165) is 16.8 Å². The van der Waals surface area contributed by atoms with E-state index in [9.17, 15) is 9.59 Å². The molecule has 2 amide bonds. The topological polar surface area (TPSA) is 88.9 Å². The molecule has 0 saturated carbocycles. The van der Waals surface area contributed by atoms with Crippen LogP contribution in [0.25, 0.3) is 0 Å². The van der Waals surface area contributed by atoms with Crippen molar-refractivity contribution < 1.29 is 9.59 Å². The Balaban J connectivity index is 1.73. The Hall–Kier alpha value is -2.70. The van der Waals surface area contributed by atoms with Crippen molar-refractivity contribution in [3.05, 3.63) is 35.2 Å². The maximum atomic E-state index is 12.2. The lowest BCUT2D eigenvalue weighted by molar-refractivity contribution is -0.123. The summed E-state index contributed by atoms with van der Waals surface area (Å²) >= 11 is 0. The highest BCUT2D eigenvalue weighted by atomic mass is 16.2. The van der Waals surface area contributed by atoms with Gasteiger partial charge in [-0.05, 0) is 32.4 Å². The van der Waals surface area contributed by atoms with Gasteiger partial charge in [0.25, 0.3) is 5.91 Å². The quantitative estimate of drug-likeness (QED) is 0.903. The molecule has 0 unspecified atom stereocenters. The highest BCUT2D eigenvalue weighted by molar-refractivity contribution is 6.01. The molecule has 114 valence electrons. The van der Waals surface area contributed by atoms with Gasteiger partial charge in [-0.15, -0.1) is 0 Å². The van der Waals surface area contributed by atoms with Crippen LogP contribution in [-0.2, 0) is 9.59 Å². The predicted molar refractivity (Wildman–Crippen MR) is 81.6 cm³/mol. The third-order valence-corrected chi connectivity index (χ3v) is 3.60. The maximum Gasteiger partial charge on any atom is 0.252 e. The van der Waals surface area contributed by atoms with Crippen LogP contribution < -0.4 is 10.6 Å². The molecule has 1 aromatic carbocycles. The number of fused-ring (bicyclic) bond motifs is 1. The van der Waals surface area contributed by atoms with Gasteiger partial charge in [0.05, 0.1) is 6.42 Å². The number of aromatic nitrogens is 3. The van der Waals surface area contributed by atoms with E-state index in [0.29, 0.717) is 11.8 Å². The maximum absolute atomic E-state index is 12.2. The minimum Gasteiger partial charge on any atom is -0.326 e. The van der Waals surface area contributed by atoms with E-state index in [1.165, 1.54) is 4.68 Å². The molecule has 1 atom stereocenters. The summed E-state index contributed by atoms with van der Waals surface area (Å²) in [5, 5.41) is 9.62. The Morgan fingerprint density at radius 1 is 1.36 bits per heavy atom. The van der Waals surface area contributed by atoms with Crippen LogP contribution in [0.3, 0.4) is 0 Å². The Morgan fingerprint density at radius 2 is 2.14 bits per heavy atom. The fraction of sp³-hybridized carbons (Fsp3) is 0.333. The second kappa shape index (κ2) is 5.25. The molecule has 2 N–H and O–H groups in total. The van der Waals surface area contributed by atoms with Crippen LogP contribution in [0.2, 0.25) is 0 Å². The summed E-state index contributed by atoms with van der Waals surface area (Å²) in [6.45, 7) is 5.67. The lowest BCUT2D eigenvalue weighted by Crippen LogP contribution is -2.24. The summed E-state index contributed by atoms with van der Waals surface area (Å²) in [7, 11) is 0. The molecule has 3 rings (SSSR count). The van der Waals surface area contributed by atoms with Crippen molar-refractivity contribution in [2.24, 2.45) is 0 Å². The standard InChI is InChI=1S/C15H17N5O2/c1-8-4-5-11(9(2)6-8)17-13(21)7-12-14(22)18-15-16-10(3)19-20(12)15/h4-6,12H,7H2,1-3H3,(H,17,21)(H,16,18,19,22)/t12-/m0/s1. The first-order valence-electron chi connectivity index (χ1n) is 7.05. The average Bonchev–Trinajstić information content (AvgIpc) is 2.91. The molecule has 7 nitrogen and oxygen atoms in total. The zero-order chi connectivity index (χ0) is 15.9. The first-order chi connectivity index (χ1) is 10.4. The molecule has 0 bridgehead atoms. The number of hydrogen-bond acceptors (Lipinski definition) is 4. The van der Waals surface area contributed by atoms with Gasteiger partial charge in [-0.2, -0.15) is 10.1 Å². The zero-order valence-electron chi connectivity index (χ0n) is 12.7. The molecule has 0 saturated heterocycles. The number of benzene rings is 1. The SMILES string of the molecule is Cc1ccc(NC(=O)C[C@H]2C(=O)Nc3nc(C)nn32)c(C)c1. The molecule has 1 aliphatic rings. The molecular formula is C15H17N5O2. The normalized spacial score (nSPS) is 16.3. The summed E-state index contributed by atoms with van der Waals surface area (Å²) in [5.74, 6) is 0.473. The molecule has 0 radical (unpaired) electrons. The van der Waals surface area contributed by atoms with Gasteiger partial charge in [0.2, 0.25) is 11.9 Å². The lowest BCUT2D eigenvalue weighted by atomic mass is 10.1. The van der Waals surface area contributed by atoms with Crippen molar-refractivity contribution in [1.29, 1.82) is 0 Å². The van der Waals surface area contributed by atoms with Gasteiger partial charge >= 0.3 is 0 Å². The van der Waals surface area contributed by atoms with Crippen LogP contribution in [0.15, 0.2) is 18.2 Å². The number of anilines is 2. The molecule has 0 fully saturated rings. The predicted octanol–water partition coefficient (Wildman–Crippen LogP) is 1.73. The van der Waals surface area contributed by atoms with Gasteiger partial charge < -0.3 is 5.32 Å². The molecule has 22 heavy (non-hydrogen) atoms. The van der Waals surface area contributed by atoms with E-state index in [4.69, 9.17) is 0 Å². The highest BCUT2D eigenvalue weighted by Crippen LogP contribution is 2.25. The zero-order valence-corrected chi connectivity index (χ0v) is 12.7. The Bertz CT molecular complexity index is 765. The third kappa shape index (κ3) is 2.57. The Kier molecular flexibility index (Phi) is 3.40. The number of rotatable bonds is 3. The molecule has 0 spiro atoms. The Morgan fingerprint density at radius 3 is 2.86 bits per heavy atom. The number of nitrogens with zero attached hydrogens (tertiary/aromatic N) is 3. The monoisotopic (exact) mass is 299 g/mol. The number of aryl methyl sites for hydroxylation is 3. The largest absolute Gasteiger partial charge is 0.326 e. The van der Waals surface area contributed by atoms with Gasteiger partial charge in [0.15, 0.2) is 0 Å². The van der Waals surface area contributed by atoms with Crippen molar-refractivity contribution in [2.75, 3.05) is 10.6 Å². The van der Waals surface area contributed by atoms with E-state index >= 15 is 0 Å². The van der Waals surface area contributed by atoms with Crippen molar-refractivity contribution in [2.45, 2.75) is 33.2 Å². The first kappa shape index (κ1) is 14.2. The molecule has 1 aromatic heterocycles. The molecule has 2 aromatic rings. The van der Waals surface area contributed by atoms with Crippen LogP contribution in [0.5, 0.6) is 0 Å². The minimum absolute atomic E-state index is 0.0228. The van der Waals surface area contributed by atoms with Gasteiger partial charge in [0, 0.05) is 5.69 Å². The van der Waals surface area contributed by atoms with Crippen molar-refractivity contribution in [3.63, 3.8) is 0 Å². The molecule has 1 aliphatic heterocycles. The Labute approximate surface area is 127 Å². The van der Waals surface area contributed by atoms with Crippen molar-refractivity contribution >= 4 is 23.5 Å². The van der Waals surface area contributed by atoms with Crippen LogP contribution in [-0.4, -0.2) is 26.6 Å². The van der Waals surface area contributed by atoms with Gasteiger partial charge in [0.1, 0.15) is 11.9 Å². The van der Waals surface area contributed by atoms with E-state index in [1.807, 2.05) is 32.0 Å². The number of amides is 2. The second-order valence-electron chi connectivity index (χ2n) is 5.50. The van der Waals surface area contributed by atoms with Crippen molar-refractivity contribution in [3.8, 4) is 0 Å².